The van der Waals surface area contributed by atoms with Crippen LogP contribution in [0.15, 0.2) is 47.7 Å². The van der Waals surface area contributed by atoms with E-state index < -0.39 is 0 Å². The monoisotopic (exact) mass is 354 g/mol. The van der Waals surface area contributed by atoms with Crippen molar-refractivity contribution in [2.45, 2.75) is 12.3 Å². The van der Waals surface area contributed by atoms with Gasteiger partial charge in [0.1, 0.15) is 0 Å². The van der Waals surface area contributed by atoms with Crippen molar-refractivity contribution in [1.82, 2.24) is 25.3 Å². The zero-order valence-corrected chi connectivity index (χ0v) is 15.4. The predicted molar refractivity (Wildman–Crippen MR) is 102 cm³/mol. The molecule has 1 unspecified atom stereocenters. The van der Waals surface area contributed by atoms with Crippen LogP contribution in [0.2, 0.25) is 0 Å². The molecule has 2 heterocycles. The van der Waals surface area contributed by atoms with Gasteiger partial charge in [-0.2, -0.15) is 5.10 Å². The third kappa shape index (κ3) is 4.41. The molecule has 0 spiro atoms. The van der Waals surface area contributed by atoms with Crippen LogP contribution in [0.1, 0.15) is 28.3 Å². The van der Waals surface area contributed by atoms with Gasteiger partial charge in [-0.1, -0.05) is 18.2 Å². The number of hydrogen-bond acceptors (Lipinski definition) is 3. The number of benzene rings is 1. The summed E-state index contributed by atoms with van der Waals surface area (Å²) in [6, 6.07) is 9.24. The van der Waals surface area contributed by atoms with Gasteiger partial charge in [-0.25, -0.2) is 0 Å². The lowest BCUT2D eigenvalue weighted by molar-refractivity contribution is 0.0954. The average molecular weight is 354 g/mol. The number of carbonyl (C=O) groups excluding carboxylic acids is 1. The SMILES string of the molecule is CN=C(NCCNC(=O)c1ccccc1)N1CCC(c2cnn(C)c2)C1. The second kappa shape index (κ2) is 8.51. The van der Waals surface area contributed by atoms with Crippen molar-refractivity contribution in [1.29, 1.82) is 0 Å². The molecule has 26 heavy (non-hydrogen) atoms. The van der Waals surface area contributed by atoms with E-state index in [1.165, 1.54) is 5.56 Å². The average Bonchev–Trinajstić information content (AvgIpc) is 3.31. The van der Waals surface area contributed by atoms with E-state index in [1.807, 2.05) is 48.3 Å². The molecule has 3 rings (SSSR count). The van der Waals surface area contributed by atoms with Crippen molar-refractivity contribution in [3.63, 3.8) is 0 Å². The summed E-state index contributed by atoms with van der Waals surface area (Å²) in [5.41, 5.74) is 1.95. The molecule has 1 aliphatic heterocycles. The Bertz CT molecular complexity index is 754. The minimum Gasteiger partial charge on any atom is -0.354 e. The number of rotatable bonds is 5. The van der Waals surface area contributed by atoms with Gasteiger partial charge in [0.15, 0.2) is 5.96 Å². The number of aliphatic imine (C=N–C) groups is 1. The van der Waals surface area contributed by atoms with Gasteiger partial charge >= 0.3 is 0 Å². The Morgan fingerprint density at radius 1 is 1.27 bits per heavy atom. The first kappa shape index (κ1) is 18.0. The van der Waals surface area contributed by atoms with Gasteiger partial charge < -0.3 is 15.5 Å². The molecule has 1 aromatic heterocycles. The Labute approximate surface area is 154 Å². The molecule has 0 aliphatic carbocycles. The normalized spacial score (nSPS) is 17.4. The van der Waals surface area contributed by atoms with Gasteiger partial charge in [0, 0.05) is 58.0 Å². The Morgan fingerprint density at radius 2 is 2.04 bits per heavy atom. The maximum absolute atomic E-state index is 12.0. The summed E-state index contributed by atoms with van der Waals surface area (Å²) in [6.45, 7) is 3.09. The summed E-state index contributed by atoms with van der Waals surface area (Å²) in [7, 11) is 3.74. The first-order valence-electron chi connectivity index (χ1n) is 8.94. The van der Waals surface area contributed by atoms with Gasteiger partial charge in [0.2, 0.25) is 0 Å². The zero-order chi connectivity index (χ0) is 18.4. The smallest absolute Gasteiger partial charge is 0.251 e. The van der Waals surface area contributed by atoms with Gasteiger partial charge in [0.05, 0.1) is 6.20 Å². The molecule has 0 bridgehead atoms. The van der Waals surface area contributed by atoms with E-state index in [2.05, 4.69) is 31.8 Å². The number of nitrogens with zero attached hydrogens (tertiary/aromatic N) is 4. The minimum atomic E-state index is -0.0554. The van der Waals surface area contributed by atoms with Gasteiger partial charge in [-0.15, -0.1) is 0 Å². The molecule has 0 saturated carbocycles. The van der Waals surface area contributed by atoms with E-state index in [1.54, 1.807) is 7.05 Å². The summed E-state index contributed by atoms with van der Waals surface area (Å²) < 4.78 is 1.85. The first-order valence-corrected chi connectivity index (χ1v) is 8.94. The van der Waals surface area contributed by atoms with E-state index in [4.69, 9.17) is 0 Å². The second-order valence-corrected chi connectivity index (χ2v) is 6.47. The summed E-state index contributed by atoms with van der Waals surface area (Å²) in [5, 5.41) is 10.5. The number of hydrogen-bond donors (Lipinski definition) is 2. The number of guanidine groups is 1. The highest BCUT2D eigenvalue weighted by molar-refractivity contribution is 5.94. The number of nitrogens with one attached hydrogen (secondary N) is 2. The van der Waals surface area contributed by atoms with Gasteiger partial charge in [0.25, 0.3) is 5.91 Å². The van der Waals surface area contributed by atoms with Gasteiger partial charge in [-0.3, -0.25) is 14.5 Å². The van der Waals surface area contributed by atoms with Crippen molar-refractivity contribution in [3.8, 4) is 0 Å². The number of likely N-dealkylation sites (tertiary alicyclic amines) is 1. The van der Waals surface area contributed by atoms with Crippen LogP contribution in [0.3, 0.4) is 0 Å². The molecule has 1 fully saturated rings. The lowest BCUT2D eigenvalue weighted by Crippen LogP contribution is -2.43. The Morgan fingerprint density at radius 3 is 2.73 bits per heavy atom. The molecule has 7 heteroatoms. The quantitative estimate of drug-likeness (QED) is 0.481. The Kier molecular flexibility index (Phi) is 5.88. The molecular weight excluding hydrogens is 328 g/mol. The lowest BCUT2D eigenvalue weighted by atomic mass is 10.0. The second-order valence-electron chi connectivity index (χ2n) is 6.47. The minimum absolute atomic E-state index is 0.0554. The van der Waals surface area contributed by atoms with E-state index in [0.29, 0.717) is 24.6 Å². The molecule has 1 amide bonds. The van der Waals surface area contributed by atoms with Crippen LogP contribution in [-0.4, -0.2) is 59.8 Å². The highest BCUT2D eigenvalue weighted by Gasteiger charge is 2.26. The van der Waals surface area contributed by atoms with E-state index >= 15 is 0 Å². The molecule has 1 atom stereocenters. The van der Waals surface area contributed by atoms with Crippen LogP contribution >= 0.6 is 0 Å². The van der Waals surface area contributed by atoms with Gasteiger partial charge in [-0.05, 0) is 24.1 Å². The number of aryl methyl sites for hydroxylation is 1. The molecule has 7 nitrogen and oxygen atoms in total. The van der Waals surface area contributed by atoms with Crippen LogP contribution in [0.4, 0.5) is 0 Å². The van der Waals surface area contributed by atoms with Crippen LogP contribution in [0, 0.1) is 0 Å². The maximum atomic E-state index is 12.0. The lowest BCUT2D eigenvalue weighted by Gasteiger charge is -2.21. The first-order chi connectivity index (χ1) is 12.7. The number of carbonyl (C=O) groups is 1. The van der Waals surface area contributed by atoms with Crippen molar-refractivity contribution >= 4 is 11.9 Å². The highest BCUT2D eigenvalue weighted by atomic mass is 16.1. The fraction of sp³-hybridized carbons (Fsp3) is 0.421. The maximum Gasteiger partial charge on any atom is 0.251 e. The van der Waals surface area contributed by atoms with E-state index in [-0.39, 0.29) is 5.91 Å². The third-order valence-electron chi connectivity index (χ3n) is 4.63. The highest BCUT2D eigenvalue weighted by Crippen LogP contribution is 2.26. The standard InChI is InChI=1S/C19H26N6O/c1-20-19(22-10-9-21-18(26)15-6-4-3-5-7-15)25-11-8-16(14-25)17-12-23-24(2)13-17/h3-7,12-13,16H,8-11,14H2,1-2H3,(H,20,22)(H,21,26). The molecule has 1 aliphatic rings. The molecule has 2 N–H and O–H groups in total. The largest absolute Gasteiger partial charge is 0.354 e. The zero-order valence-electron chi connectivity index (χ0n) is 15.4. The van der Waals surface area contributed by atoms with Crippen LogP contribution in [0.5, 0.6) is 0 Å². The summed E-state index contributed by atoms with van der Waals surface area (Å²) in [5.74, 6) is 1.31. The van der Waals surface area contributed by atoms with Crippen molar-refractivity contribution in [2.75, 3.05) is 33.2 Å². The molecule has 1 saturated heterocycles. The Hall–Kier alpha value is -2.83. The Balaban J connectivity index is 1.43. The van der Waals surface area contributed by atoms with E-state index in [9.17, 15) is 4.79 Å². The molecule has 2 aromatic rings. The summed E-state index contributed by atoms with van der Waals surface area (Å²) >= 11 is 0. The summed E-state index contributed by atoms with van der Waals surface area (Å²) in [6.07, 6.45) is 5.13. The predicted octanol–water partition coefficient (Wildman–Crippen LogP) is 1.21. The molecule has 138 valence electrons. The van der Waals surface area contributed by atoms with Crippen molar-refractivity contribution in [2.24, 2.45) is 12.0 Å². The number of amides is 1. The molecule has 0 radical (unpaired) electrons. The van der Waals surface area contributed by atoms with Crippen molar-refractivity contribution < 1.29 is 4.79 Å². The van der Waals surface area contributed by atoms with Crippen LogP contribution in [-0.2, 0) is 7.05 Å². The molecular formula is C19H26N6O. The third-order valence-corrected chi connectivity index (χ3v) is 4.63. The number of aromatic nitrogens is 2. The fourth-order valence-electron chi connectivity index (χ4n) is 3.25. The fourth-order valence-corrected chi connectivity index (χ4v) is 3.25. The van der Waals surface area contributed by atoms with E-state index in [0.717, 1.165) is 25.5 Å². The van der Waals surface area contributed by atoms with Crippen LogP contribution < -0.4 is 10.6 Å². The molecule has 1 aromatic carbocycles. The van der Waals surface area contributed by atoms with Crippen LogP contribution in [0.25, 0.3) is 0 Å². The van der Waals surface area contributed by atoms with Crippen molar-refractivity contribution in [3.05, 3.63) is 53.9 Å². The topological polar surface area (TPSA) is 74.6 Å². The summed E-state index contributed by atoms with van der Waals surface area (Å²) in [4.78, 5) is 18.7.